The van der Waals surface area contributed by atoms with Crippen molar-refractivity contribution in [2.45, 2.75) is 12.8 Å². The molecule has 0 saturated heterocycles. The molecule has 1 aromatic heterocycles. The predicted octanol–water partition coefficient (Wildman–Crippen LogP) is 10.7. The molecule has 7 aromatic rings. The SMILES string of the molecule is Oc1c(O)c(O)c(-c2ccccc2-c2cccc(-n3c4ccccc4c4ccc(C5=CCCC=C5c5cccc(Br)c5)cc43)c2)c(O)c1O. The summed E-state index contributed by atoms with van der Waals surface area (Å²) in [5.74, 6) is -4.30. The van der Waals surface area contributed by atoms with E-state index >= 15 is 0 Å². The van der Waals surface area contributed by atoms with Crippen LogP contribution in [0.5, 0.6) is 28.7 Å². The van der Waals surface area contributed by atoms with Crippen LogP contribution < -0.4 is 0 Å². The topological polar surface area (TPSA) is 106 Å². The van der Waals surface area contributed by atoms with E-state index in [9.17, 15) is 25.5 Å². The minimum Gasteiger partial charge on any atom is -0.504 e. The van der Waals surface area contributed by atoms with Gasteiger partial charge in [-0.2, -0.15) is 0 Å². The van der Waals surface area contributed by atoms with E-state index in [1.54, 1.807) is 12.1 Å². The molecule has 0 fully saturated rings. The monoisotopic (exact) mass is 707 g/mol. The quantitative estimate of drug-likeness (QED) is 0.0904. The van der Waals surface area contributed by atoms with E-state index < -0.39 is 28.7 Å². The van der Waals surface area contributed by atoms with Crippen LogP contribution in [0.25, 0.3) is 60.9 Å². The van der Waals surface area contributed by atoms with Crippen molar-refractivity contribution < 1.29 is 25.5 Å². The van der Waals surface area contributed by atoms with E-state index in [1.807, 2.05) is 54.6 Å². The van der Waals surface area contributed by atoms with Gasteiger partial charge in [-0.15, -0.1) is 0 Å². The van der Waals surface area contributed by atoms with Crippen molar-refractivity contribution in [2.75, 3.05) is 0 Å². The number of aromatic nitrogens is 1. The number of fused-ring (bicyclic) bond motifs is 3. The molecular formula is C42H30BrNO5. The summed E-state index contributed by atoms with van der Waals surface area (Å²) in [4.78, 5) is 0. The van der Waals surface area contributed by atoms with Gasteiger partial charge in [0.25, 0.3) is 0 Å². The van der Waals surface area contributed by atoms with Gasteiger partial charge in [0, 0.05) is 20.9 Å². The number of hydrogen-bond acceptors (Lipinski definition) is 5. The molecule has 0 atom stereocenters. The first kappa shape index (κ1) is 30.4. The molecule has 0 amide bonds. The largest absolute Gasteiger partial charge is 0.504 e. The molecule has 0 unspecified atom stereocenters. The Balaban J connectivity index is 1.31. The summed E-state index contributed by atoms with van der Waals surface area (Å²) >= 11 is 3.64. The third kappa shape index (κ3) is 5.02. The van der Waals surface area contributed by atoms with E-state index in [1.165, 1.54) is 16.7 Å². The van der Waals surface area contributed by atoms with Gasteiger partial charge in [0.2, 0.25) is 17.2 Å². The van der Waals surface area contributed by atoms with Gasteiger partial charge >= 0.3 is 0 Å². The molecule has 1 aliphatic carbocycles. The van der Waals surface area contributed by atoms with Crippen LogP contribution >= 0.6 is 15.9 Å². The zero-order valence-corrected chi connectivity index (χ0v) is 27.7. The van der Waals surface area contributed by atoms with Crippen LogP contribution in [0.2, 0.25) is 0 Å². The molecule has 0 saturated carbocycles. The second kappa shape index (κ2) is 12.0. The van der Waals surface area contributed by atoms with Crippen LogP contribution in [-0.2, 0) is 0 Å². The minimum atomic E-state index is -0.993. The number of halogens is 1. The lowest BCUT2D eigenvalue weighted by Gasteiger charge is -2.18. The van der Waals surface area contributed by atoms with Gasteiger partial charge in [0.15, 0.2) is 11.5 Å². The number of phenols is 5. The summed E-state index contributed by atoms with van der Waals surface area (Å²) in [6.07, 6.45) is 6.60. The fourth-order valence-electron chi connectivity index (χ4n) is 7.00. The Bertz CT molecular complexity index is 2500. The highest BCUT2D eigenvalue weighted by atomic mass is 79.9. The van der Waals surface area contributed by atoms with E-state index in [4.69, 9.17) is 0 Å². The van der Waals surface area contributed by atoms with E-state index in [2.05, 4.69) is 81.2 Å². The van der Waals surface area contributed by atoms with Crippen LogP contribution in [0.1, 0.15) is 24.0 Å². The Kier molecular flexibility index (Phi) is 7.42. The molecule has 0 aliphatic heterocycles. The Hall–Kier alpha value is -5.92. The number of phenolic OH excluding ortho intramolecular Hbond substituents is 5. The van der Waals surface area contributed by atoms with Crippen LogP contribution in [0, 0.1) is 0 Å². The average molecular weight is 709 g/mol. The molecule has 1 aliphatic rings. The first-order chi connectivity index (χ1) is 23.8. The number of benzene rings is 6. The Morgan fingerprint density at radius 3 is 1.80 bits per heavy atom. The summed E-state index contributed by atoms with van der Waals surface area (Å²) in [6.45, 7) is 0. The second-order valence-corrected chi connectivity index (χ2v) is 13.0. The summed E-state index contributed by atoms with van der Waals surface area (Å²) in [7, 11) is 0. The fraction of sp³-hybridized carbons (Fsp3) is 0.0476. The number of allylic oxidation sites excluding steroid dienone is 4. The molecule has 7 heteroatoms. The van der Waals surface area contributed by atoms with Gasteiger partial charge in [0.05, 0.1) is 16.6 Å². The molecule has 240 valence electrons. The third-order valence-corrected chi connectivity index (χ3v) is 9.75. The number of aromatic hydroxyl groups is 5. The van der Waals surface area contributed by atoms with Crippen molar-refractivity contribution in [3.05, 3.63) is 143 Å². The second-order valence-electron chi connectivity index (χ2n) is 12.1. The van der Waals surface area contributed by atoms with Crippen LogP contribution in [0.15, 0.2) is 132 Å². The summed E-state index contributed by atoms with van der Waals surface area (Å²) < 4.78 is 3.29. The van der Waals surface area contributed by atoms with Gasteiger partial charge < -0.3 is 30.1 Å². The van der Waals surface area contributed by atoms with Crippen molar-refractivity contribution in [3.8, 4) is 56.7 Å². The summed E-state index contributed by atoms with van der Waals surface area (Å²) in [5.41, 5.74) is 9.29. The molecule has 0 radical (unpaired) electrons. The number of rotatable bonds is 5. The standard InChI is InChI=1S/C42H30BrNO5/c43-27-11-7-9-24(21-27)29-13-1-2-14-30(29)26-19-20-33-32-16-5-6-18-35(32)44(36(33)23-26)28-12-8-10-25(22-28)31-15-3-4-17-34(31)37-38(45)40(47)42(49)41(48)39(37)46/h3-23,45-49H,1-2H2. The lowest BCUT2D eigenvalue weighted by Crippen LogP contribution is -1.98. The Morgan fingerprint density at radius 1 is 0.469 bits per heavy atom. The van der Waals surface area contributed by atoms with Gasteiger partial charge in [0.1, 0.15) is 0 Å². The lowest BCUT2D eigenvalue weighted by molar-refractivity contribution is 0.330. The van der Waals surface area contributed by atoms with Crippen LogP contribution in [0.4, 0.5) is 0 Å². The van der Waals surface area contributed by atoms with Crippen LogP contribution in [0.3, 0.4) is 0 Å². The van der Waals surface area contributed by atoms with Crippen molar-refractivity contribution in [3.63, 3.8) is 0 Å². The molecule has 0 bridgehead atoms. The zero-order chi connectivity index (χ0) is 33.8. The van der Waals surface area contributed by atoms with Crippen molar-refractivity contribution in [1.82, 2.24) is 4.57 Å². The normalized spacial score (nSPS) is 13.1. The van der Waals surface area contributed by atoms with Crippen molar-refractivity contribution in [2.24, 2.45) is 0 Å². The highest BCUT2D eigenvalue weighted by Gasteiger charge is 2.26. The minimum absolute atomic E-state index is 0.189. The highest BCUT2D eigenvalue weighted by Crippen LogP contribution is 2.56. The lowest BCUT2D eigenvalue weighted by atomic mass is 9.87. The van der Waals surface area contributed by atoms with Gasteiger partial charge in [-0.3, -0.25) is 0 Å². The molecule has 6 nitrogen and oxygen atoms in total. The summed E-state index contributed by atoms with van der Waals surface area (Å²) in [6, 6.07) is 38.4. The molecule has 1 heterocycles. The molecule has 6 aromatic carbocycles. The van der Waals surface area contributed by atoms with Gasteiger partial charge in [-0.05, 0) is 88.2 Å². The Morgan fingerprint density at radius 2 is 1.06 bits per heavy atom. The Labute approximate surface area is 290 Å². The smallest absolute Gasteiger partial charge is 0.208 e. The van der Waals surface area contributed by atoms with Gasteiger partial charge in [-0.25, -0.2) is 0 Å². The third-order valence-electron chi connectivity index (χ3n) is 9.26. The maximum atomic E-state index is 10.8. The fourth-order valence-corrected chi connectivity index (χ4v) is 7.40. The molecular weight excluding hydrogens is 678 g/mol. The van der Waals surface area contributed by atoms with E-state index in [0.29, 0.717) is 11.1 Å². The number of para-hydroxylation sites is 1. The maximum absolute atomic E-state index is 10.8. The highest BCUT2D eigenvalue weighted by molar-refractivity contribution is 9.10. The van der Waals surface area contributed by atoms with E-state index in [-0.39, 0.29) is 5.56 Å². The number of nitrogens with zero attached hydrogens (tertiary/aromatic N) is 1. The average Bonchev–Trinajstić information content (AvgIpc) is 3.47. The molecule has 0 spiro atoms. The molecule has 8 rings (SSSR count). The first-order valence-corrected chi connectivity index (χ1v) is 16.7. The van der Waals surface area contributed by atoms with E-state index in [0.717, 1.165) is 55.9 Å². The van der Waals surface area contributed by atoms with Crippen molar-refractivity contribution >= 4 is 48.9 Å². The number of hydrogen-bond donors (Lipinski definition) is 5. The first-order valence-electron chi connectivity index (χ1n) is 15.9. The molecule has 49 heavy (non-hydrogen) atoms. The van der Waals surface area contributed by atoms with Crippen LogP contribution in [-0.4, -0.2) is 30.1 Å². The zero-order valence-electron chi connectivity index (χ0n) is 26.1. The maximum Gasteiger partial charge on any atom is 0.208 e. The van der Waals surface area contributed by atoms with Gasteiger partial charge in [-0.1, -0.05) is 107 Å². The predicted molar refractivity (Wildman–Crippen MR) is 199 cm³/mol. The summed E-state index contributed by atoms with van der Waals surface area (Å²) in [5, 5.41) is 54.5. The molecule has 5 N–H and O–H groups in total. The van der Waals surface area contributed by atoms with Crippen molar-refractivity contribution in [1.29, 1.82) is 0 Å².